The highest BCUT2D eigenvalue weighted by Crippen LogP contribution is 2.47. The number of hydrogen-bond acceptors (Lipinski definition) is 3. The largest absolute Gasteiger partial charge is 0.385 e. The molecule has 0 aromatic heterocycles. The Morgan fingerprint density at radius 2 is 1.82 bits per heavy atom. The van der Waals surface area contributed by atoms with E-state index in [2.05, 4.69) is 10.6 Å². The minimum Gasteiger partial charge on any atom is -0.385 e. The Kier molecular flexibility index (Phi) is 5.19. The summed E-state index contributed by atoms with van der Waals surface area (Å²) in [5.74, 6) is -0.374. The van der Waals surface area contributed by atoms with E-state index in [1.54, 1.807) is 7.11 Å². The van der Waals surface area contributed by atoms with Crippen LogP contribution in [0.2, 0.25) is 0 Å². The van der Waals surface area contributed by atoms with Crippen molar-refractivity contribution in [3.8, 4) is 0 Å². The maximum Gasteiger partial charge on any atom is 0.240 e. The molecule has 1 aliphatic carbocycles. The van der Waals surface area contributed by atoms with Crippen LogP contribution in [0.1, 0.15) is 30.4 Å². The first kappa shape index (κ1) is 16.5. The fourth-order valence-corrected chi connectivity index (χ4v) is 2.51. The van der Waals surface area contributed by atoms with Crippen molar-refractivity contribution in [3.63, 3.8) is 0 Å². The molecule has 2 rings (SSSR count). The SMILES string of the molecule is COCCCNC(=O)C1(C(=O)Nc2c(C)cccc2C)CC1. The summed E-state index contributed by atoms with van der Waals surface area (Å²) in [5, 5.41) is 5.78. The van der Waals surface area contributed by atoms with Gasteiger partial charge < -0.3 is 15.4 Å². The third-order valence-electron chi connectivity index (χ3n) is 4.15. The molecule has 1 aromatic carbocycles. The van der Waals surface area contributed by atoms with Gasteiger partial charge in [-0.05, 0) is 44.2 Å². The number of amides is 2. The van der Waals surface area contributed by atoms with Gasteiger partial charge in [-0.3, -0.25) is 9.59 Å². The quantitative estimate of drug-likeness (QED) is 0.599. The van der Waals surface area contributed by atoms with Crippen molar-refractivity contribution < 1.29 is 14.3 Å². The number of benzene rings is 1. The summed E-state index contributed by atoms with van der Waals surface area (Å²) in [4.78, 5) is 24.8. The van der Waals surface area contributed by atoms with E-state index >= 15 is 0 Å². The fourth-order valence-electron chi connectivity index (χ4n) is 2.51. The Morgan fingerprint density at radius 1 is 1.18 bits per heavy atom. The van der Waals surface area contributed by atoms with Crippen molar-refractivity contribution in [1.82, 2.24) is 5.32 Å². The number of aryl methyl sites for hydroxylation is 2. The highest BCUT2D eigenvalue weighted by molar-refractivity contribution is 6.13. The predicted octanol–water partition coefficient (Wildman–Crippen LogP) is 2.17. The van der Waals surface area contributed by atoms with Crippen LogP contribution in [0.15, 0.2) is 18.2 Å². The predicted molar refractivity (Wildman–Crippen MR) is 85.7 cm³/mol. The Morgan fingerprint density at radius 3 is 2.36 bits per heavy atom. The third kappa shape index (κ3) is 3.47. The fraction of sp³-hybridized carbons (Fsp3) is 0.529. The van der Waals surface area contributed by atoms with Crippen molar-refractivity contribution in [2.45, 2.75) is 33.1 Å². The van der Waals surface area contributed by atoms with Crippen molar-refractivity contribution in [1.29, 1.82) is 0 Å². The van der Waals surface area contributed by atoms with Crippen molar-refractivity contribution >= 4 is 17.5 Å². The topological polar surface area (TPSA) is 67.4 Å². The molecule has 22 heavy (non-hydrogen) atoms. The normalized spacial score (nSPS) is 15.2. The average molecular weight is 304 g/mol. The first-order chi connectivity index (χ1) is 10.5. The summed E-state index contributed by atoms with van der Waals surface area (Å²) in [6.45, 7) is 5.03. The summed E-state index contributed by atoms with van der Waals surface area (Å²) in [5.41, 5.74) is 1.93. The maximum absolute atomic E-state index is 12.5. The third-order valence-corrected chi connectivity index (χ3v) is 4.15. The van der Waals surface area contributed by atoms with Crippen LogP contribution in [0.4, 0.5) is 5.69 Å². The number of para-hydroxylation sites is 1. The number of methoxy groups -OCH3 is 1. The molecule has 0 bridgehead atoms. The zero-order valence-corrected chi connectivity index (χ0v) is 13.5. The molecule has 2 amide bonds. The van der Waals surface area contributed by atoms with Crippen LogP contribution < -0.4 is 10.6 Å². The van der Waals surface area contributed by atoms with Gasteiger partial charge in [-0.1, -0.05) is 18.2 Å². The number of rotatable bonds is 7. The first-order valence-corrected chi connectivity index (χ1v) is 7.66. The molecule has 1 fully saturated rings. The second kappa shape index (κ2) is 6.92. The smallest absolute Gasteiger partial charge is 0.240 e. The monoisotopic (exact) mass is 304 g/mol. The van der Waals surface area contributed by atoms with Crippen LogP contribution in [0, 0.1) is 19.3 Å². The second-order valence-electron chi connectivity index (χ2n) is 5.91. The molecule has 0 saturated heterocycles. The van der Waals surface area contributed by atoms with Crippen LogP contribution in [0.25, 0.3) is 0 Å². The van der Waals surface area contributed by atoms with E-state index < -0.39 is 5.41 Å². The van der Waals surface area contributed by atoms with Gasteiger partial charge in [0.15, 0.2) is 0 Å². The van der Waals surface area contributed by atoms with E-state index in [0.29, 0.717) is 26.0 Å². The maximum atomic E-state index is 12.5. The van der Waals surface area contributed by atoms with Crippen LogP contribution in [-0.4, -0.2) is 32.1 Å². The van der Waals surface area contributed by atoms with Crippen LogP contribution in [-0.2, 0) is 14.3 Å². The van der Waals surface area contributed by atoms with Gasteiger partial charge in [0.2, 0.25) is 11.8 Å². The molecule has 0 aliphatic heterocycles. The van der Waals surface area contributed by atoms with Gasteiger partial charge in [0.05, 0.1) is 0 Å². The lowest BCUT2D eigenvalue weighted by molar-refractivity contribution is -0.134. The number of nitrogens with one attached hydrogen (secondary N) is 2. The summed E-state index contributed by atoms with van der Waals surface area (Å²) in [6, 6.07) is 5.86. The van der Waals surface area contributed by atoms with Gasteiger partial charge in [-0.2, -0.15) is 0 Å². The molecule has 5 nitrogen and oxygen atoms in total. The molecule has 1 aromatic rings. The summed E-state index contributed by atoms with van der Waals surface area (Å²) >= 11 is 0. The number of hydrogen-bond donors (Lipinski definition) is 2. The highest BCUT2D eigenvalue weighted by Gasteiger charge is 2.56. The molecule has 5 heteroatoms. The molecule has 0 heterocycles. The molecule has 2 N–H and O–H groups in total. The van der Waals surface area contributed by atoms with Gasteiger partial charge in [0.25, 0.3) is 0 Å². The highest BCUT2D eigenvalue weighted by atomic mass is 16.5. The Balaban J connectivity index is 1.98. The van der Waals surface area contributed by atoms with E-state index in [-0.39, 0.29) is 11.8 Å². The zero-order chi connectivity index (χ0) is 16.2. The van der Waals surface area contributed by atoms with Crippen LogP contribution in [0.5, 0.6) is 0 Å². The number of carbonyl (C=O) groups excluding carboxylic acids is 2. The summed E-state index contributed by atoms with van der Waals surface area (Å²) < 4.78 is 4.95. The molecular formula is C17H24N2O3. The molecule has 0 atom stereocenters. The van der Waals surface area contributed by atoms with Gasteiger partial charge >= 0.3 is 0 Å². The lowest BCUT2D eigenvalue weighted by Crippen LogP contribution is -2.40. The summed E-state index contributed by atoms with van der Waals surface area (Å²) in [7, 11) is 1.63. The minimum atomic E-state index is -0.887. The minimum absolute atomic E-state index is 0.174. The number of ether oxygens (including phenoxy) is 1. The van der Waals surface area contributed by atoms with Crippen molar-refractivity contribution in [3.05, 3.63) is 29.3 Å². The van der Waals surface area contributed by atoms with Gasteiger partial charge in [-0.15, -0.1) is 0 Å². The molecule has 120 valence electrons. The lowest BCUT2D eigenvalue weighted by atomic mass is 10.0. The second-order valence-corrected chi connectivity index (χ2v) is 5.91. The number of anilines is 1. The van der Waals surface area contributed by atoms with E-state index in [4.69, 9.17) is 4.74 Å². The Bertz CT molecular complexity index is 545. The van der Waals surface area contributed by atoms with Gasteiger partial charge in [-0.25, -0.2) is 0 Å². The molecule has 0 spiro atoms. The van der Waals surface area contributed by atoms with Gasteiger partial charge in [0, 0.05) is 25.9 Å². The summed E-state index contributed by atoms with van der Waals surface area (Å²) in [6.07, 6.45) is 1.97. The van der Waals surface area contributed by atoms with Crippen LogP contribution >= 0.6 is 0 Å². The van der Waals surface area contributed by atoms with E-state index in [1.807, 2.05) is 32.0 Å². The van der Waals surface area contributed by atoms with Gasteiger partial charge in [0.1, 0.15) is 5.41 Å². The van der Waals surface area contributed by atoms with E-state index in [0.717, 1.165) is 23.2 Å². The number of carbonyl (C=O) groups is 2. The van der Waals surface area contributed by atoms with Crippen LogP contribution in [0.3, 0.4) is 0 Å². The zero-order valence-electron chi connectivity index (χ0n) is 13.5. The standard InChI is InChI=1S/C17H24N2O3/c1-12-6-4-7-13(2)14(12)19-16(21)17(8-9-17)15(20)18-10-5-11-22-3/h4,6-7H,5,8-11H2,1-3H3,(H,18,20)(H,19,21). The molecule has 0 radical (unpaired) electrons. The molecular weight excluding hydrogens is 280 g/mol. The average Bonchev–Trinajstić information content (AvgIpc) is 3.29. The molecule has 0 unspecified atom stereocenters. The molecule has 1 aliphatic rings. The van der Waals surface area contributed by atoms with E-state index in [9.17, 15) is 9.59 Å². The first-order valence-electron chi connectivity index (χ1n) is 7.66. The lowest BCUT2D eigenvalue weighted by Gasteiger charge is -2.17. The Labute approximate surface area is 131 Å². The Hall–Kier alpha value is -1.88. The molecule has 1 saturated carbocycles. The van der Waals surface area contributed by atoms with E-state index in [1.165, 1.54) is 0 Å². The van der Waals surface area contributed by atoms with Crippen molar-refractivity contribution in [2.75, 3.05) is 25.6 Å². The van der Waals surface area contributed by atoms with Crippen molar-refractivity contribution in [2.24, 2.45) is 5.41 Å².